The van der Waals surface area contributed by atoms with Crippen LogP contribution in [0.5, 0.6) is 0 Å². The zero-order chi connectivity index (χ0) is 18.1. The molecule has 1 saturated heterocycles. The predicted molar refractivity (Wildman–Crippen MR) is 87.8 cm³/mol. The van der Waals surface area contributed by atoms with Crippen LogP contribution in [0.4, 0.5) is 0 Å². The van der Waals surface area contributed by atoms with Crippen LogP contribution in [-0.4, -0.2) is 70.6 Å². The molecule has 0 radical (unpaired) electrons. The molecule has 136 valence electrons. The van der Waals surface area contributed by atoms with E-state index in [1.807, 2.05) is 6.26 Å². The molecular weight excluding hydrogens is 338 g/mol. The Morgan fingerprint density at radius 1 is 1.21 bits per heavy atom. The van der Waals surface area contributed by atoms with Gasteiger partial charge in [-0.3, -0.25) is 14.4 Å². The summed E-state index contributed by atoms with van der Waals surface area (Å²) in [5, 5.41) is 25.7. The molecule has 1 rings (SSSR count). The molecule has 10 heteroatoms. The highest BCUT2D eigenvalue weighted by molar-refractivity contribution is 7.98. The van der Waals surface area contributed by atoms with Crippen molar-refractivity contribution in [2.24, 2.45) is 0 Å². The van der Waals surface area contributed by atoms with Crippen molar-refractivity contribution in [3.8, 4) is 0 Å². The van der Waals surface area contributed by atoms with E-state index in [9.17, 15) is 19.2 Å². The number of carboxylic acid groups (broad SMARTS) is 2. The molecule has 0 spiro atoms. The fourth-order valence-electron chi connectivity index (χ4n) is 2.33. The molecule has 5 N–H and O–H groups in total. The summed E-state index contributed by atoms with van der Waals surface area (Å²) < 4.78 is 0. The largest absolute Gasteiger partial charge is 0.481 e. The average Bonchev–Trinajstić information content (AvgIpc) is 3.04. The minimum Gasteiger partial charge on any atom is -0.481 e. The third-order valence-corrected chi connectivity index (χ3v) is 4.26. The maximum atomic E-state index is 12.2. The van der Waals surface area contributed by atoms with Gasteiger partial charge in [0.15, 0.2) is 0 Å². The van der Waals surface area contributed by atoms with E-state index >= 15 is 0 Å². The Hall–Kier alpha value is -1.81. The van der Waals surface area contributed by atoms with Crippen LogP contribution in [-0.2, 0) is 19.2 Å². The van der Waals surface area contributed by atoms with Crippen molar-refractivity contribution in [1.29, 1.82) is 0 Å². The number of aliphatic carboxylic acids is 2. The molecule has 24 heavy (non-hydrogen) atoms. The van der Waals surface area contributed by atoms with E-state index in [0.717, 1.165) is 6.42 Å². The van der Waals surface area contributed by atoms with E-state index in [2.05, 4.69) is 16.0 Å². The lowest BCUT2D eigenvalue weighted by molar-refractivity contribution is -0.143. The minimum atomic E-state index is -1.31. The molecular formula is C14H23N3O6S. The lowest BCUT2D eigenvalue weighted by Gasteiger charge is -2.21. The lowest BCUT2D eigenvalue weighted by Crippen LogP contribution is -2.55. The van der Waals surface area contributed by atoms with Crippen LogP contribution in [0.2, 0.25) is 0 Å². The van der Waals surface area contributed by atoms with Crippen molar-refractivity contribution in [2.75, 3.05) is 18.6 Å². The van der Waals surface area contributed by atoms with Gasteiger partial charge in [-0.2, -0.15) is 11.8 Å². The summed E-state index contributed by atoms with van der Waals surface area (Å²) in [6.45, 7) is 0.684. The van der Waals surface area contributed by atoms with Gasteiger partial charge in [0.05, 0.1) is 12.5 Å². The monoisotopic (exact) mass is 361 g/mol. The first-order chi connectivity index (χ1) is 11.3. The summed E-state index contributed by atoms with van der Waals surface area (Å²) in [6, 6.07) is -2.89. The fourth-order valence-corrected chi connectivity index (χ4v) is 2.80. The second-order valence-corrected chi connectivity index (χ2v) is 6.47. The van der Waals surface area contributed by atoms with Gasteiger partial charge in [-0.1, -0.05) is 0 Å². The van der Waals surface area contributed by atoms with Crippen LogP contribution in [0.15, 0.2) is 0 Å². The van der Waals surface area contributed by atoms with Gasteiger partial charge < -0.3 is 26.2 Å². The van der Waals surface area contributed by atoms with E-state index in [-0.39, 0.29) is 6.42 Å². The molecule has 1 fully saturated rings. The molecule has 3 unspecified atom stereocenters. The van der Waals surface area contributed by atoms with Crippen LogP contribution in [0.3, 0.4) is 0 Å². The van der Waals surface area contributed by atoms with Crippen molar-refractivity contribution < 1.29 is 29.4 Å². The normalized spacial score (nSPS) is 19.3. The maximum Gasteiger partial charge on any atom is 0.326 e. The van der Waals surface area contributed by atoms with Crippen molar-refractivity contribution >= 4 is 35.5 Å². The number of carbonyl (C=O) groups is 4. The number of hydrogen-bond acceptors (Lipinski definition) is 6. The van der Waals surface area contributed by atoms with Crippen LogP contribution >= 0.6 is 11.8 Å². The van der Waals surface area contributed by atoms with Gasteiger partial charge in [0.25, 0.3) is 0 Å². The number of rotatable bonds is 10. The molecule has 9 nitrogen and oxygen atoms in total. The van der Waals surface area contributed by atoms with E-state index in [1.54, 1.807) is 0 Å². The molecule has 3 atom stereocenters. The molecule has 0 aromatic heterocycles. The predicted octanol–water partition coefficient (Wildman–Crippen LogP) is -0.980. The standard InChI is InChI=1S/C14H23N3O6S/c1-24-6-4-9(14(22)23)16-13(21)10(7-11(18)19)17-12(20)8-3-2-5-15-8/h8-10,15H,2-7H2,1H3,(H,16,21)(H,17,20)(H,18,19)(H,22,23). The summed E-state index contributed by atoms with van der Waals surface area (Å²) in [5.74, 6) is -3.19. The summed E-state index contributed by atoms with van der Waals surface area (Å²) in [5.41, 5.74) is 0. The molecule has 0 saturated carbocycles. The summed E-state index contributed by atoms with van der Waals surface area (Å²) in [7, 11) is 0. The molecule has 1 aliphatic heterocycles. The van der Waals surface area contributed by atoms with E-state index in [0.29, 0.717) is 18.7 Å². The Balaban J connectivity index is 2.70. The van der Waals surface area contributed by atoms with Crippen molar-refractivity contribution in [2.45, 2.75) is 43.8 Å². The highest BCUT2D eigenvalue weighted by Crippen LogP contribution is 2.07. The minimum absolute atomic E-state index is 0.208. The quantitative estimate of drug-likeness (QED) is 0.334. The zero-order valence-corrected chi connectivity index (χ0v) is 14.2. The maximum absolute atomic E-state index is 12.2. The van der Waals surface area contributed by atoms with Gasteiger partial charge in [-0.25, -0.2) is 4.79 Å². The molecule has 2 amide bonds. The average molecular weight is 361 g/mol. The third kappa shape index (κ3) is 6.75. The second-order valence-electron chi connectivity index (χ2n) is 5.49. The Morgan fingerprint density at radius 2 is 1.92 bits per heavy atom. The summed E-state index contributed by atoms with van der Waals surface area (Å²) in [4.78, 5) is 46.4. The molecule has 0 aliphatic carbocycles. The van der Waals surface area contributed by atoms with E-state index in [1.165, 1.54) is 11.8 Å². The number of nitrogens with one attached hydrogen (secondary N) is 3. The van der Waals surface area contributed by atoms with Gasteiger partial charge in [0, 0.05) is 0 Å². The first kappa shape index (κ1) is 20.2. The zero-order valence-electron chi connectivity index (χ0n) is 13.4. The highest BCUT2D eigenvalue weighted by atomic mass is 32.2. The Morgan fingerprint density at radius 3 is 2.42 bits per heavy atom. The summed E-state index contributed by atoms with van der Waals surface area (Å²) >= 11 is 1.43. The smallest absolute Gasteiger partial charge is 0.326 e. The molecule has 0 bridgehead atoms. The number of carbonyl (C=O) groups excluding carboxylic acids is 2. The fraction of sp³-hybridized carbons (Fsp3) is 0.714. The van der Waals surface area contributed by atoms with Gasteiger partial charge in [-0.15, -0.1) is 0 Å². The Labute approximate surface area is 143 Å². The molecule has 0 aromatic rings. The van der Waals surface area contributed by atoms with Gasteiger partial charge in [0.1, 0.15) is 12.1 Å². The number of hydrogen-bond donors (Lipinski definition) is 5. The molecule has 1 aliphatic rings. The second kappa shape index (κ2) is 10.1. The first-order valence-electron chi connectivity index (χ1n) is 7.62. The van der Waals surface area contributed by atoms with Gasteiger partial charge >= 0.3 is 11.9 Å². The molecule has 0 aromatic carbocycles. The Kier molecular flexibility index (Phi) is 8.55. The Bertz CT molecular complexity index is 481. The SMILES string of the molecule is CSCCC(NC(=O)C(CC(=O)O)NC(=O)C1CCCN1)C(=O)O. The first-order valence-corrected chi connectivity index (χ1v) is 9.02. The number of amides is 2. The van der Waals surface area contributed by atoms with Crippen LogP contribution in [0.1, 0.15) is 25.7 Å². The summed E-state index contributed by atoms with van der Waals surface area (Å²) in [6.07, 6.45) is 2.84. The number of carboxylic acids is 2. The topological polar surface area (TPSA) is 145 Å². The van der Waals surface area contributed by atoms with Gasteiger partial charge in [-0.05, 0) is 37.8 Å². The van der Waals surface area contributed by atoms with E-state index in [4.69, 9.17) is 10.2 Å². The van der Waals surface area contributed by atoms with Gasteiger partial charge in [0.2, 0.25) is 11.8 Å². The van der Waals surface area contributed by atoms with Crippen LogP contribution in [0, 0.1) is 0 Å². The van der Waals surface area contributed by atoms with Crippen molar-refractivity contribution in [3.63, 3.8) is 0 Å². The number of thioether (sulfide) groups is 1. The van der Waals surface area contributed by atoms with E-state index < -0.39 is 48.3 Å². The van der Waals surface area contributed by atoms with Crippen LogP contribution in [0.25, 0.3) is 0 Å². The highest BCUT2D eigenvalue weighted by Gasteiger charge is 2.31. The third-order valence-electron chi connectivity index (χ3n) is 3.61. The van der Waals surface area contributed by atoms with Crippen LogP contribution < -0.4 is 16.0 Å². The van der Waals surface area contributed by atoms with Crippen molar-refractivity contribution in [3.05, 3.63) is 0 Å². The van der Waals surface area contributed by atoms with Crippen molar-refractivity contribution in [1.82, 2.24) is 16.0 Å². The lowest BCUT2D eigenvalue weighted by atomic mass is 10.1. The molecule has 1 heterocycles.